The molecular weight excluding hydrogens is 247 g/mol. The van der Waals surface area contributed by atoms with E-state index in [2.05, 4.69) is 10.3 Å². The van der Waals surface area contributed by atoms with E-state index in [4.69, 9.17) is 5.84 Å². The van der Waals surface area contributed by atoms with E-state index in [0.717, 1.165) is 0 Å². The van der Waals surface area contributed by atoms with Crippen molar-refractivity contribution in [1.82, 2.24) is 4.98 Å². The van der Waals surface area contributed by atoms with Crippen LogP contribution in [-0.2, 0) is 0 Å². The topological polar surface area (TPSA) is 63.0 Å². The second kappa shape index (κ2) is 5.13. The van der Waals surface area contributed by atoms with Gasteiger partial charge in [-0.1, -0.05) is 0 Å². The molecule has 0 saturated carbocycles. The van der Waals surface area contributed by atoms with E-state index in [0.29, 0.717) is 6.07 Å². The summed E-state index contributed by atoms with van der Waals surface area (Å²) >= 11 is 0. The number of nitrogens with zero attached hydrogens (tertiary/aromatic N) is 1. The van der Waals surface area contributed by atoms with Gasteiger partial charge >= 0.3 is 6.18 Å². The fourth-order valence-corrected chi connectivity index (χ4v) is 1.01. The summed E-state index contributed by atoms with van der Waals surface area (Å²) in [5.74, 6) is 1.80. The predicted octanol–water partition coefficient (Wildman–Crippen LogP) is 2.01. The predicted molar refractivity (Wildman–Crippen MR) is 51.1 cm³/mol. The molecule has 1 rings (SSSR count). The Hall–Kier alpha value is -1.64. The molecule has 0 saturated heterocycles. The van der Waals surface area contributed by atoms with Crippen molar-refractivity contribution in [2.24, 2.45) is 5.84 Å². The first-order valence-corrected chi connectivity index (χ1v) is 4.47. The molecule has 0 amide bonds. The number of pyridine rings is 1. The lowest BCUT2D eigenvalue weighted by Crippen LogP contribution is -2.17. The Bertz CT molecular complexity index is 392. The molecule has 1 heterocycles. The molecule has 0 aliphatic rings. The van der Waals surface area contributed by atoms with Crippen molar-refractivity contribution >= 4 is 11.6 Å². The van der Waals surface area contributed by atoms with Crippen LogP contribution in [-0.4, -0.2) is 17.7 Å². The number of anilines is 2. The number of nitrogens with one attached hydrogen (secondary N) is 2. The number of hydrazine groups is 1. The highest BCUT2D eigenvalue weighted by molar-refractivity contribution is 5.46. The Balaban J connectivity index is 2.71. The number of aromatic nitrogens is 1. The fourth-order valence-electron chi connectivity index (χ4n) is 1.01. The minimum atomic E-state index is -4.36. The number of alkyl halides is 3. The van der Waals surface area contributed by atoms with Crippen molar-refractivity contribution in [2.45, 2.75) is 12.6 Å². The lowest BCUT2D eigenvalue weighted by molar-refractivity contribution is -0.131. The van der Waals surface area contributed by atoms with Crippen molar-refractivity contribution in [3.8, 4) is 0 Å². The molecule has 0 radical (unpaired) electrons. The number of rotatable bonds is 4. The number of hydrogen-bond donors (Lipinski definition) is 3. The number of nitrogen functional groups attached to an aromatic ring is 1. The van der Waals surface area contributed by atoms with Gasteiger partial charge in [-0.2, -0.15) is 13.2 Å². The summed E-state index contributed by atoms with van der Waals surface area (Å²) in [5.41, 5.74) is 1.85. The zero-order valence-electron chi connectivity index (χ0n) is 8.41. The van der Waals surface area contributed by atoms with Crippen LogP contribution < -0.4 is 16.6 Å². The highest BCUT2D eigenvalue weighted by atomic mass is 19.4. The summed E-state index contributed by atoms with van der Waals surface area (Å²) in [6.07, 6.45) is -5.52. The number of nitrogens with two attached hydrogens (primary N) is 1. The van der Waals surface area contributed by atoms with Crippen LogP contribution in [0.2, 0.25) is 0 Å². The lowest BCUT2D eigenvalue weighted by atomic mass is 10.3. The molecular formula is C8H9F5N4. The molecule has 0 fully saturated rings. The van der Waals surface area contributed by atoms with Gasteiger partial charge in [-0.05, 0) is 0 Å². The largest absolute Gasteiger partial charge is 0.390 e. The van der Waals surface area contributed by atoms with Gasteiger partial charge in [-0.15, -0.1) is 0 Å². The molecule has 4 N–H and O–H groups in total. The molecule has 0 unspecified atom stereocenters. The fraction of sp³-hybridized carbons (Fsp3) is 0.375. The van der Waals surface area contributed by atoms with E-state index in [1.807, 2.05) is 5.43 Å². The molecule has 17 heavy (non-hydrogen) atoms. The molecule has 1 aromatic heterocycles. The Labute approximate surface area is 93.0 Å². The maximum atomic E-state index is 13.1. The maximum absolute atomic E-state index is 13.1. The van der Waals surface area contributed by atoms with Gasteiger partial charge in [0.25, 0.3) is 0 Å². The first kappa shape index (κ1) is 13.4. The average Bonchev–Trinajstić information content (AvgIpc) is 2.19. The molecule has 1 aromatic rings. The van der Waals surface area contributed by atoms with Gasteiger partial charge in [-0.25, -0.2) is 19.6 Å². The first-order valence-electron chi connectivity index (χ1n) is 4.47. The van der Waals surface area contributed by atoms with Crippen LogP contribution >= 0.6 is 0 Å². The normalized spacial score (nSPS) is 11.4. The summed E-state index contributed by atoms with van der Waals surface area (Å²) in [6.45, 7) is -0.566. The van der Waals surface area contributed by atoms with Crippen molar-refractivity contribution in [1.29, 1.82) is 0 Å². The molecule has 9 heteroatoms. The molecule has 96 valence electrons. The van der Waals surface area contributed by atoms with Crippen LogP contribution in [0.4, 0.5) is 33.6 Å². The Morgan fingerprint density at radius 3 is 2.29 bits per heavy atom. The molecule has 4 nitrogen and oxygen atoms in total. The lowest BCUT2D eigenvalue weighted by Gasteiger charge is -2.10. The number of halogens is 5. The Kier molecular flexibility index (Phi) is 4.05. The van der Waals surface area contributed by atoms with Crippen LogP contribution in [0.3, 0.4) is 0 Å². The smallest absolute Gasteiger partial charge is 0.367 e. The summed E-state index contributed by atoms with van der Waals surface area (Å²) < 4.78 is 61.4. The molecule has 0 atom stereocenters. The second-order valence-electron chi connectivity index (χ2n) is 3.09. The SMILES string of the molecule is NNc1nc(NCCC(F)(F)F)c(F)cc1F. The van der Waals surface area contributed by atoms with E-state index in [9.17, 15) is 22.0 Å². The van der Waals surface area contributed by atoms with E-state index < -0.39 is 42.4 Å². The van der Waals surface area contributed by atoms with Gasteiger partial charge in [0, 0.05) is 12.6 Å². The van der Waals surface area contributed by atoms with Gasteiger partial charge in [0.15, 0.2) is 23.3 Å². The number of hydrogen-bond acceptors (Lipinski definition) is 4. The van der Waals surface area contributed by atoms with Gasteiger partial charge in [-0.3, -0.25) is 0 Å². The van der Waals surface area contributed by atoms with E-state index in [1.54, 1.807) is 0 Å². The highest BCUT2D eigenvalue weighted by Gasteiger charge is 2.26. The second-order valence-corrected chi connectivity index (χ2v) is 3.09. The summed E-state index contributed by atoms with van der Waals surface area (Å²) in [5, 5.41) is 2.10. The Morgan fingerprint density at radius 1 is 1.18 bits per heavy atom. The molecule has 0 aliphatic heterocycles. The Morgan fingerprint density at radius 2 is 1.76 bits per heavy atom. The third-order valence-electron chi connectivity index (χ3n) is 1.77. The summed E-state index contributed by atoms with van der Waals surface area (Å²) in [4.78, 5) is 3.35. The molecule has 0 aliphatic carbocycles. The maximum Gasteiger partial charge on any atom is 0.390 e. The highest BCUT2D eigenvalue weighted by Crippen LogP contribution is 2.21. The van der Waals surface area contributed by atoms with E-state index in [1.165, 1.54) is 0 Å². The van der Waals surface area contributed by atoms with E-state index in [-0.39, 0.29) is 0 Å². The van der Waals surface area contributed by atoms with Crippen LogP contribution in [0.1, 0.15) is 6.42 Å². The third-order valence-corrected chi connectivity index (χ3v) is 1.77. The quantitative estimate of drug-likeness (QED) is 0.438. The summed E-state index contributed by atoms with van der Waals surface area (Å²) in [7, 11) is 0. The minimum Gasteiger partial charge on any atom is -0.367 e. The zero-order chi connectivity index (χ0) is 13.1. The van der Waals surface area contributed by atoms with Crippen molar-refractivity contribution in [3.63, 3.8) is 0 Å². The molecule has 0 bridgehead atoms. The molecule has 0 spiro atoms. The zero-order valence-corrected chi connectivity index (χ0v) is 8.41. The van der Waals surface area contributed by atoms with Gasteiger partial charge < -0.3 is 10.7 Å². The van der Waals surface area contributed by atoms with Gasteiger partial charge in [0.2, 0.25) is 0 Å². The third kappa shape index (κ3) is 4.02. The monoisotopic (exact) mass is 256 g/mol. The first-order chi connectivity index (χ1) is 7.83. The van der Waals surface area contributed by atoms with Crippen LogP contribution in [0.5, 0.6) is 0 Å². The van der Waals surface area contributed by atoms with Gasteiger partial charge in [0.1, 0.15) is 0 Å². The molecule has 0 aromatic carbocycles. The van der Waals surface area contributed by atoms with Crippen molar-refractivity contribution < 1.29 is 22.0 Å². The standard InChI is InChI=1S/C8H9F5N4/c9-4-3-5(10)7(17-14)16-6(4)15-2-1-8(11,12)13/h3H,1-2,14H2,(H2,15,16,17). The van der Waals surface area contributed by atoms with Crippen LogP contribution in [0.25, 0.3) is 0 Å². The van der Waals surface area contributed by atoms with Crippen LogP contribution in [0.15, 0.2) is 6.07 Å². The van der Waals surface area contributed by atoms with E-state index >= 15 is 0 Å². The van der Waals surface area contributed by atoms with Crippen molar-refractivity contribution in [2.75, 3.05) is 17.3 Å². The summed E-state index contributed by atoms with van der Waals surface area (Å²) in [6, 6.07) is 0.470. The van der Waals surface area contributed by atoms with Crippen molar-refractivity contribution in [3.05, 3.63) is 17.7 Å². The minimum absolute atomic E-state index is 0.457. The van der Waals surface area contributed by atoms with Gasteiger partial charge in [0.05, 0.1) is 6.42 Å². The van der Waals surface area contributed by atoms with Crippen LogP contribution in [0, 0.1) is 11.6 Å². The average molecular weight is 256 g/mol.